The zero-order valence-electron chi connectivity index (χ0n) is 13.7. The number of nitrogens with zero attached hydrogens (tertiary/aromatic N) is 4. The Hall–Kier alpha value is -2.97. The Morgan fingerprint density at radius 3 is 2.42 bits per heavy atom. The van der Waals surface area contributed by atoms with E-state index in [0.717, 1.165) is 4.57 Å². The first kappa shape index (κ1) is 17.4. The lowest BCUT2D eigenvalue weighted by atomic mass is 10.3. The molecule has 0 atom stereocenters. The fraction of sp³-hybridized carbons (Fsp3) is 0.400. The second-order valence-electron chi connectivity index (χ2n) is 5.20. The minimum absolute atomic E-state index is 0.0478. The van der Waals surface area contributed by atoms with Crippen molar-refractivity contribution in [3.63, 3.8) is 0 Å². The van der Waals surface area contributed by atoms with Gasteiger partial charge >= 0.3 is 5.69 Å². The van der Waals surface area contributed by atoms with Gasteiger partial charge in [-0.3, -0.25) is 23.7 Å². The highest BCUT2D eigenvalue weighted by Gasteiger charge is 2.19. The minimum atomic E-state index is -0.621. The highest BCUT2D eigenvalue weighted by Crippen LogP contribution is 2.12. The van der Waals surface area contributed by atoms with Crippen LogP contribution in [0.2, 0.25) is 0 Å². The zero-order chi connectivity index (χ0) is 17.7. The molecule has 1 amide bonds. The summed E-state index contributed by atoms with van der Waals surface area (Å²) < 4.78 is 2.38. The van der Waals surface area contributed by atoms with Crippen molar-refractivity contribution in [3.8, 4) is 0 Å². The van der Waals surface area contributed by atoms with Gasteiger partial charge in [0.15, 0.2) is 0 Å². The van der Waals surface area contributed by atoms with Gasteiger partial charge in [-0.2, -0.15) is 0 Å². The van der Waals surface area contributed by atoms with Gasteiger partial charge in [0.1, 0.15) is 17.2 Å². The average Bonchev–Trinajstić information content (AvgIpc) is 2.60. The SMILES string of the molecule is CCCn1c(N)c(NC(=O)c2cnccn2)c(=O)n(CCC)c1=O. The lowest BCUT2D eigenvalue weighted by Gasteiger charge is -2.16. The van der Waals surface area contributed by atoms with Crippen LogP contribution in [0.15, 0.2) is 28.2 Å². The third kappa shape index (κ3) is 3.34. The highest BCUT2D eigenvalue weighted by atomic mass is 16.2. The first-order chi connectivity index (χ1) is 11.5. The van der Waals surface area contributed by atoms with E-state index in [0.29, 0.717) is 19.4 Å². The van der Waals surface area contributed by atoms with Crippen molar-refractivity contribution < 1.29 is 4.79 Å². The van der Waals surface area contributed by atoms with Crippen LogP contribution in [0.25, 0.3) is 0 Å². The number of carbonyl (C=O) groups excluding carboxylic acids is 1. The molecule has 0 saturated carbocycles. The largest absolute Gasteiger partial charge is 0.383 e. The van der Waals surface area contributed by atoms with Crippen molar-refractivity contribution in [1.82, 2.24) is 19.1 Å². The number of anilines is 2. The Bertz CT molecular complexity index is 841. The Labute approximate surface area is 138 Å². The van der Waals surface area contributed by atoms with Crippen LogP contribution in [-0.4, -0.2) is 25.0 Å². The van der Waals surface area contributed by atoms with Gasteiger partial charge in [0.25, 0.3) is 11.5 Å². The molecule has 0 fully saturated rings. The second-order valence-corrected chi connectivity index (χ2v) is 5.20. The van der Waals surface area contributed by atoms with E-state index in [9.17, 15) is 14.4 Å². The van der Waals surface area contributed by atoms with Gasteiger partial charge in [-0.05, 0) is 12.8 Å². The Morgan fingerprint density at radius 1 is 1.17 bits per heavy atom. The minimum Gasteiger partial charge on any atom is -0.383 e. The molecule has 2 rings (SSSR count). The molecular formula is C15H20N6O3. The molecule has 0 aliphatic carbocycles. The number of nitrogens with one attached hydrogen (secondary N) is 1. The number of hydrogen-bond acceptors (Lipinski definition) is 6. The van der Waals surface area contributed by atoms with Gasteiger partial charge < -0.3 is 11.1 Å². The number of hydrogen-bond donors (Lipinski definition) is 2. The summed E-state index contributed by atoms with van der Waals surface area (Å²) >= 11 is 0. The zero-order valence-corrected chi connectivity index (χ0v) is 13.7. The van der Waals surface area contributed by atoms with E-state index >= 15 is 0 Å². The molecule has 0 saturated heterocycles. The van der Waals surface area contributed by atoms with Crippen molar-refractivity contribution in [2.45, 2.75) is 39.8 Å². The maximum Gasteiger partial charge on any atom is 0.332 e. The molecule has 0 bridgehead atoms. The van der Waals surface area contributed by atoms with Gasteiger partial charge in [-0.15, -0.1) is 0 Å². The molecule has 2 aromatic heterocycles. The molecule has 0 aliphatic rings. The number of rotatable bonds is 6. The number of aromatic nitrogens is 4. The predicted octanol–water partition coefficient (Wildman–Crippen LogP) is 0.454. The van der Waals surface area contributed by atoms with Gasteiger partial charge in [-0.25, -0.2) is 9.78 Å². The molecule has 9 nitrogen and oxygen atoms in total. The van der Waals surface area contributed by atoms with Crippen LogP contribution < -0.4 is 22.3 Å². The molecule has 24 heavy (non-hydrogen) atoms. The van der Waals surface area contributed by atoms with Crippen LogP contribution in [0.1, 0.15) is 37.2 Å². The molecule has 0 spiro atoms. The summed E-state index contributed by atoms with van der Waals surface area (Å²) in [4.78, 5) is 44.9. The second kappa shape index (κ2) is 7.53. The van der Waals surface area contributed by atoms with Crippen LogP contribution in [0, 0.1) is 0 Å². The molecule has 0 radical (unpaired) electrons. The van der Waals surface area contributed by atoms with E-state index in [1.165, 1.54) is 23.2 Å². The van der Waals surface area contributed by atoms with Gasteiger partial charge in [0.05, 0.1) is 6.20 Å². The first-order valence-electron chi connectivity index (χ1n) is 7.71. The van der Waals surface area contributed by atoms with Gasteiger partial charge in [0, 0.05) is 25.5 Å². The van der Waals surface area contributed by atoms with Crippen LogP contribution in [0.4, 0.5) is 11.5 Å². The monoisotopic (exact) mass is 332 g/mol. The van der Waals surface area contributed by atoms with Crippen molar-refractivity contribution in [1.29, 1.82) is 0 Å². The summed E-state index contributed by atoms with van der Waals surface area (Å²) in [5.74, 6) is -0.673. The van der Waals surface area contributed by atoms with Crippen LogP contribution in [-0.2, 0) is 13.1 Å². The third-order valence-electron chi connectivity index (χ3n) is 3.40. The molecule has 9 heteroatoms. The summed E-state index contributed by atoms with van der Waals surface area (Å²) in [6, 6.07) is 0. The fourth-order valence-corrected chi connectivity index (χ4v) is 2.29. The number of carbonyl (C=O) groups is 1. The summed E-state index contributed by atoms with van der Waals surface area (Å²) in [6.45, 7) is 4.33. The summed E-state index contributed by atoms with van der Waals surface area (Å²) in [5.41, 5.74) is 4.80. The summed E-state index contributed by atoms with van der Waals surface area (Å²) in [5, 5.41) is 2.46. The quantitative estimate of drug-likeness (QED) is 0.791. The normalized spacial score (nSPS) is 10.6. The molecule has 0 unspecified atom stereocenters. The number of nitrogens with two attached hydrogens (primary N) is 1. The maximum absolute atomic E-state index is 12.5. The Morgan fingerprint density at radius 2 is 1.83 bits per heavy atom. The van der Waals surface area contributed by atoms with Crippen molar-refractivity contribution in [3.05, 3.63) is 45.1 Å². The van der Waals surface area contributed by atoms with Crippen molar-refractivity contribution in [2.75, 3.05) is 11.1 Å². The van der Waals surface area contributed by atoms with E-state index in [1.807, 2.05) is 13.8 Å². The Kier molecular flexibility index (Phi) is 5.46. The van der Waals surface area contributed by atoms with E-state index < -0.39 is 17.2 Å². The molecular weight excluding hydrogens is 312 g/mol. The van der Waals surface area contributed by atoms with E-state index in [1.54, 1.807) is 0 Å². The standard InChI is InChI=1S/C15H20N6O3/c1-3-7-20-12(16)11(14(23)21(8-4-2)15(20)24)19-13(22)10-9-17-5-6-18-10/h5-6,9H,3-4,7-8,16H2,1-2H3,(H,19,22). The van der Waals surface area contributed by atoms with Gasteiger partial charge in [-0.1, -0.05) is 13.8 Å². The highest BCUT2D eigenvalue weighted by molar-refractivity contribution is 6.03. The topological polar surface area (TPSA) is 125 Å². The molecule has 0 aromatic carbocycles. The average molecular weight is 332 g/mol. The van der Waals surface area contributed by atoms with Gasteiger partial charge in [0.2, 0.25) is 0 Å². The van der Waals surface area contributed by atoms with Crippen LogP contribution >= 0.6 is 0 Å². The molecule has 128 valence electrons. The first-order valence-corrected chi connectivity index (χ1v) is 7.71. The Balaban J connectivity index is 2.54. The van der Waals surface area contributed by atoms with E-state index in [4.69, 9.17) is 5.73 Å². The van der Waals surface area contributed by atoms with Crippen LogP contribution in [0.3, 0.4) is 0 Å². The molecule has 2 heterocycles. The van der Waals surface area contributed by atoms with Crippen molar-refractivity contribution in [2.24, 2.45) is 0 Å². The van der Waals surface area contributed by atoms with Crippen LogP contribution in [0.5, 0.6) is 0 Å². The van der Waals surface area contributed by atoms with E-state index in [-0.39, 0.29) is 23.7 Å². The van der Waals surface area contributed by atoms with E-state index in [2.05, 4.69) is 15.3 Å². The fourth-order valence-electron chi connectivity index (χ4n) is 2.29. The van der Waals surface area contributed by atoms with Crippen molar-refractivity contribution >= 4 is 17.4 Å². The lowest BCUT2D eigenvalue weighted by Crippen LogP contribution is -2.43. The smallest absolute Gasteiger partial charge is 0.332 e. The number of amides is 1. The predicted molar refractivity (Wildman–Crippen MR) is 89.9 cm³/mol. The molecule has 2 aromatic rings. The number of nitrogen functional groups attached to an aromatic ring is 1. The third-order valence-corrected chi connectivity index (χ3v) is 3.40. The maximum atomic E-state index is 12.5. The lowest BCUT2D eigenvalue weighted by molar-refractivity contribution is 0.102. The molecule has 0 aliphatic heterocycles. The summed E-state index contributed by atoms with van der Waals surface area (Å²) in [7, 11) is 0. The molecule has 3 N–H and O–H groups in total. The summed E-state index contributed by atoms with van der Waals surface area (Å²) in [6.07, 6.45) is 5.33.